The van der Waals surface area contributed by atoms with Gasteiger partial charge >= 0.3 is 0 Å². The molecule has 128 valence electrons. The van der Waals surface area contributed by atoms with E-state index in [2.05, 4.69) is 31.2 Å². The van der Waals surface area contributed by atoms with Crippen LogP contribution >= 0.6 is 15.9 Å². The zero-order valence-corrected chi connectivity index (χ0v) is 15.2. The van der Waals surface area contributed by atoms with E-state index in [1.165, 1.54) is 6.33 Å². The van der Waals surface area contributed by atoms with Crippen molar-refractivity contribution in [2.24, 2.45) is 0 Å². The van der Waals surface area contributed by atoms with Crippen LogP contribution in [0, 0.1) is 5.82 Å². The average Bonchev–Trinajstić information content (AvgIpc) is 2.59. The van der Waals surface area contributed by atoms with Crippen LogP contribution in [0.15, 0.2) is 41.1 Å². The van der Waals surface area contributed by atoms with Gasteiger partial charge in [0.2, 0.25) is 0 Å². The number of nitrogens with zero attached hydrogens (tertiary/aromatic N) is 2. The third-order valence-corrected chi connectivity index (χ3v) is 4.80. The Kier molecular flexibility index (Phi) is 3.95. The maximum Gasteiger partial charge on any atom is 0.164 e. The Morgan fingerprint density at radius 3 is 2.56 bits per heavy atom. The van der Waals surface area contributed by atoms with Crippen molar-refractivity contribution in [1.29, 1.82) is 0 Å². The summed E-state index contributed by atoms with van der Waals surface area (Å²) in [6.45, 7) is 3.91. The summed E-state index contributed by atoms with van der Waals surface area (Å²) in [6.07, 6.45) is 1.33. The minimum Gasteiger partial charge on any atom is -0.483 e. The highest BCUT2D eigenvalue weighted by atomic mass is 79.9. The van der Waals surface area contributed by atoms with Crippen LogP contribution in [0.3, 0.4) is 0 Å². The highest BCUT2D eigenvalue weighted by Gasteiger charge is 2.25. The number of aromatic nitrogens is 2. The average molecular weight is 404 g/mol. The van der Waals surface area contributed by atoms with Crippen molar-refractivity contribution in [1.82, 2.24) is 9.97 Å². The summed E-state index contributed by atoms with van der Waals surface area (Å²) in [7, 11) is 0. The van der Waals surface area contributed by atoms with Gasteiger partial charge < -0.3 is 14.8 Å². The Balaban J connectivity index is 1.80. The molecule has 2 aromatic carbocycles. The summed E-state index contributed by atoms with van der Waals surface area (Å²) >= 11 is 3.19. The van der Waals surface area contributed by atoms with E-state index >= 15 is 0 Å². The Labute approximate surface area is 152 Å². The fourth-order valence-electron chi connectivity index (χ4n) is 2.67. The molecule has 2 heterocycles. The SMILES string of the molecule is CC1Oc2cc3c(Nc4cccc(Br)c4F)ncnc3cc2O[C@@H]1C. The van der Waals surface area contributed by atoms with Gasteiger partial charge in [0.05, 0.1) is 15.7 Å². The summed E-state index contributed by atoms with van der Waals surface area (Å²) < 4.78 is 26.4. The molecule has 1 aliphatic rings. The van der Waals surface area contributed by atoms with E-state index in [1.54, 1.807) is 18.2 Å². The summed E-state index contributed by atoms with van der Waals surface area (Å²) in [5.41, 5.74) is 1.02. The molecule has 7 heteroatoms. The number of halogens is 2. The molecular weight excluding hydrogens is 389 g/mol. The third-order valence-electron chi connectivity index (χ3n) is 4.19. The smallest absolute Gasteiger partial charge is 0.164 e. The van der Waals surface area contributed by atoms with E-state index in [-0.39, 0.29) is 18.0 Å². The van der Waals surface area contributed by atoms with Crippen LogP contribution in [0.2, 0.25) is 0 Å². The molecule has 1 unspecified atom stereocenters. The Bertz CT molecular complexity index is 966. The molecule has 0 bridgehead atoms. The van der Waals surface area contributed by atoms with Crippen LogP contribution in [-0.4, -0.2) is 22.2 Å². The van der Waals surface area contributed by atoms with Crippen molar-refractivity contribution in [3.8, 4) is 11.5 Å². The molecule has 0 amide bonds. The number of hydrogen-bond donors (Lipinski definition) is 1. The van der Waals surface area contributed by atoms with Gasteiger partial charge in [-0.05, 0) is 48.0 Å². The molecule has 0 radical (unpaired) electrons. The second-order valence-electron chi connectivity index (χ2n) is 5.91. The second-order valence-corrected chi connectivity index (χ2v) is 6.77. The fourth-order valence-corrected chi connectivity index (χ4v) is 3.03. The Morgan fingerprint density at radius 2 is 1.80 bits per heavy atom. The molecule has 25 heavy (non-hydrogen) atoms. The minimum atomic E-state index is -0.380. The number of fused-ring (bicyclic) bond motifs is 2. The quantitative estimate of drug-likeness (QED) is 0.664. The Hall–Kier alpha value is -2.41. The first-order chi connectivity index (χ1) is 12.0. The van der Waals surface area contributed by atoms with Crippen molar-refractivity contribution >= 4 is 38.3 Å². The third kappa shape index (κ3) is 2.89. The van der Waals surface area contributed by atoms with E-state index < -0.39 is 0 Å². The summed E-state index contributed by atoms with van der Waals surface area (Å²) in [4.78, 5) is 8.54. The predicted molar refractivity (Wildman–Crippen MR) is 97.1 cm³/mol. The fraction of sp³-hybridized carbons (Fsp3) is 0.222. The number of nitrogens with one attached hydrogen (secondary N) is 1. The highest BCUT2D eigenvalue weighted by molar-refractivity contribution is 9.10. The van der Waals surface area contributed by atoms with Crippen molar-refractivity contribution in [2.45, 2.75) is 26.1 Å². The molecular formula is C18H15BrFN3O2. The number of ether oxygens (including phenoxy) is 2. The van der Waals surface area contributed by atoms with Crippen LogP contribution in [0.5, 0.6) is 11.5 Å². The molecule has 0 spiro atoms. The topological polar surface area (TPSA) is 56.3 Å². The van der Waals surface area contributed by atoms with Gasteiger partial charge in [-0.1, -0.05) is 6.07 Å². The monoisotopic (exact) mass is 403 g/mol. The van der Waals surface area contributed by atoms with Gasteiger partial charge in [-0.2, -0.15) is 0 Å². The summed E-state index contributed by atoms with van der Waals surface area (Å²) in [5, 5.41) is 3.76. The molecule has 0 saturated heterocycles. The lowest BCUT2D eigenvalue weighted by molar-refractivity contribution is 0.0433. The van der Waals surface area contributed by atoms with Crippen molar-refractivity contribution in [3.63, 3.8) is 0 Å². The predicted octanol–water partition coefficient (Wildman–Crippen LogP) is 4.82. The zero-order valence-electron chi connectivity index (χ0n) is 13.6. The van der Waals surface area contributed by atoms with Crippen LogP contribution < -0.4 is 14.8 Å². The first-order valence-electron chi connectivity index (χ1n) is 7.86. The molecule has 0 aliphatic carbocycles. The molecule has 1 aromatic heterocycles. The van der Waals surface area contributed by atoms with E-state index in [9.17, 15) is 4.39 Å². The van der Waals surface area contributed by atoms with Gasteiger partial charge in [0.25, 0.3) is 0 Å². The molecule has 1 aliphatic heterocycles. The van der Waals surface area contributed by atoms with Crippen LogP contribution in [0.25, 0.3) is 10.9 Å². The Morgan fingerprint density at radius 1 is 1.08 bits per heavy atom. The molecule has 5 nitrogen and oxygen atoms in total. The molecule has 0 saturated carbocycles. The maximum absolute atomic E-state index is 14.3. The van der Waals surface area contributed by atoms with Gasteiger partial charge in [-0.25, -0.2) is 14.4 Å². The summed E-state index contributed by atoms with van der Waals surface area (Å²) in [5.74, 6) is 1.40. The molecule has 0 fully saturated rings. The lowest BCUT2D eigenvalue weighted by Crippen LogP contribution is -2.34. The largest absolute Gasteiger partial charge is 0.483 e. The molecule has 2 atom stereocenters. The number of anilines is 2. The van der Waals surface area contributed by atoms with Gasteiger partial charge in [0, 0.05) is 11.5 Å². The molecule has 1 N–H and O–H groups in total. The van der Waals surface area contributed by atoms with Crippen LogP contribution in [0.4, 0.5) is 15.9 Å². The van der Waals surface area contributed by atoms with Gasteiger partial charge in [-0.15, -0.1) is 0 Å². The first kappa shape index (κ1) is 16.1. The highest BCUT2D eigenvalue weighted by Crippen LogP contribution is 2.39. The van der Waals surface area contributed by atoms with Gasteiger partial charge in [0.15, 0.2) is 17.3 Å². The zero-order chi connectivity index (χ0) is 17.6. The van der Waals surface area contributed by atoms with Crippen molar-refractivity contribution in [3.05, 3.63) is 46.9 Å². The number of hydrogen-bond acceptors (Lipinski definition) is 5. The van der Waals surface area contributed by atoms with Crippen molar-refractivity contribution in [2.75, 3.05) is 5.32 Å². The maximum atomic E-state index is 14.3. The molecule has 3 aromatic rings. The first-order valence-corrected chi connectivity index (χ1v) is 8.65. The van der Waals surface area contributed by atoms with Crippen LogP contribution in [-0.2, 0) is 0 Å². The van der Waals surface area contributed by atoms with E-state index in [4.69, 9.17) is 9.47 Å². The van der Waals surface area contributed by atoms with Gasteiger partial charge in [-0.3, -0.25) is 0 Å². The van der Waals surface area contributed by atoms with Crippen LogP contribution in [0.1, 0.15) is 13.8 Å². The van der Waals surface area contributed by atoms with Crippen molar-refractivity contribution < 1.29 is 13.9 Å². The summed E-state index contributed by atoms with van der Waals surface area (Å²) in [6, 6.07) is 8.68. The van der Waals surface area contributed by atoms with E-state index in [1.807, 2.05) is 26.0 Å². The molecule has 4 rings (SSSR count). The normalized spacial score (nSPS) is 19.0. The van der Waals surface area contributed by atoms with E-state index in [0.29, 0.717) is 33.0 Å². The van der Waals surface area contributed by atoms with Gasteiger partial charge in [0.1, 0.15) is 24.4 Å². The number of benzene rings is 2. The second kappa shape index (κ2) is 6.15. The lowest BCUT2D eigenvalue weighted by Gasteiger charge is -2.30. The lowest BCUT2D eigenvalue weighted by atomic mass is 10.1. The number of rotatable bonds is 2. The standard InChI is InChI=1S/C18H15BrFN3O2/c1-9-10(2)25-16-7-14-11(6-15(16)24-9)18(22-8-21-14)23-13-5-3-4-12(19)17(13)20/h3-10H,1-2H3,(H,21,22,23)/t9?,10-/m1/s1. The minimum absolute atomic E-state index is 0.0415. The van der Waals surface area contributed by atoms with E-state index in [0.717, 1.165) is 5.39 Å².